The third-order valence-corrected chi connectivity index (χ3v) is 4.74. The molecule has 0 aromatic heterocycles. The van der Waals surface area contributed by atoms with Crippen molar-refractivity contribution in [3.05, 3.63) is 71.8 Å². The van der Waals surface area contributed by atoms with Crippen molar-refractivity contribution in [2.45, 2.75) is 16.8 Å². The van der Waals surface area contributed by atoms with Crippen LogP contribution in [-0.2, 0) is 11.3 Å². The van der Waals surface area contributed by atoms with Crippen LogP contribution < -0.4 is 5.32 Å². The van der Waals surface area contributed by atoms with E-state index in [1.54, 1.807) is 0 Å². The topological polar surface area (TPSA) is 29.1 Å². The van der Waals surface area contributed by atoms with Crippen molar-refractivity contribution in [2.24, 2.45) is 5.92 Å². The molecular formula is C17H15Cl2NO. The van der Waals surface area contributed by atoms with Gasteiger partial charge < -0.3 is 5.32 Å². The van der Waals surface area contributed by atoms with Gasteiger partial charge in [0.15, 0.2) is 0 Å². The van der Waals surface area contributed by atoms with Gasteiger partial charge in [-0.25, -0.2) is 0 Å². The largest absolute Gasteiger partial charge is 0.352 e. The predicted molar refractivity (Wildman–Crippen MR) is 85.4 cm³/mol. The van der Waals surface area contributed by atoms with Gasteiger partial charge >= 0.3 is 0 Å². The van der Waals surface area contributed by atoms with Crippen molar-refractivity contribution in [1.82, 2.24) is 5.32 Å². The van der Waals surface area contributed by atoms with Gasteiger partial charge in [-0.3, -0.25) is 4.79 Å². The lowest BCUT2D eigenvalue weighted by Gasteiger charge is -2.05. The van der Waals surface area contributed by atoms with E-state index in [9.17, 15) is 4.79 Å². The van der Waals surface area contributed by atoms with E-state index in [0.717, 1.165) is 11.1 Å². The van der Waals surface area contributed by atoms with Crippen LogP contribution >= 0.6 is 23.2 Å². The Bertz CT molecular complexity index is 628. The molecule has 0 unspecified atom stereocenters. The van der Waals surface area contributed by atoms with E-state index >= 15 is 0 Å². The molecule has 0 heterocycles. The van der Waals surface area contributed by atoms with E-state index in [1.165, 1.54) is 0 Å². The van der Waals surface area contributed by atoms with Gasteiger partial charge in [0.1, 0.15) is 4.33 Å². The molecule has 0 spiro atoms. The Kier molecular flexibility index (Phi) is 3.92. The smallest absolute Gasteiger partial charge is 0.227 e. The van der Waals surface area contributed by atoms with Crippen LogP contribution in [0.3, 0.4) is 0 Å². The number of amides is 1. The summed E-state index contributed by atoms with van der Waals surface area (Å²) in [6, 6.07) is 19.5. The summed E-state index contributed by atoms with van der Waals surface area (Å²) in [5.74, 6) is -0.637. The molecule has 1 aliphatic rings. The molecule has 2 aromatic rings. The molecule has 2 aromatic carbocycles. The normalized spacial score (nSPS) is 22.6. The summed E-state index contributed by atoms with van der Waals surface area (Å²) in [5, 5.41) is 2.91. The molecule has 1 fully saturated rings. The fourth-order valence-corrected chi connectivity index (χ4v) is 3.45. The van der Waals surface area contributed by atoms with Gasteiger partial charge in [-0.15, -0.1) is 23.2 Å². The highest BCUT2D eigenvalue weighted by atomic mass is 35.5. The SMILES string of the molecule is O=C(NCc1ccccc1)[C@H]1[C@@H](c2ccccc2)C1(Cl)Cl. The van der Waals surface area contributed by atoms with Crippen LogP contribution in [0.5, 0.6) is 0 Å². The second kappa shape index (κ2) is 5.70. The molecular weight excluding hydrogens is 305 g/mol. The molecule has 2 nitrogen and oxygen atoms in total. The van der Waals surface area contributed by atoms with Crippen LogP contribution in [-0.4, -0.2) is 10.2 Å². The summed E-state index contributed by atoms with van der Waals surface area (Å²) in [7, 11) is 0. The highest BCUT2D eigenvalue weighted by Gasteiger charge is 2.67. The van der Waals surface area contributed by atoms with Gasteiger partial charge in [0, 0.05) is 12.5 Å². The zero-order valence-corrected chi connectivity index (χ0v) is 12.8. The molecule has 1 aliphatic carbocycles. The Morgan fingerprint density at radius 3 is 2.19 bits per heavy atom. The Labute approximate surface area is 134 Å². The number of benzene rings is 2. The average Bonchev–Trinajstić information content (AvgIpc) is 3.09. The Morgan fingerprint density at radius 1 is 1.00 bits per heavy atom. The summed E-state index contributed by atoms with van der Waals surface area (Å²) in [5.41, 5.74) is 2.06. The summed E-state index contributed by atoms with van der Waals surface area (Å²) in [4.78, 5) is 12.3. The maximum Gasteiger partial charge on any atom is 0.227 e. The molecule has 2 atom stereocenters. The monoisotopic (exact) mass is 319 g/mol. The van der Waals surface area contributed by atoms with Crippen molar-refractivity contribution in [3.63, 3.8) is 0 Å². The molecule has 0 saturated heterocycles. The number of hydrogen-bond donors (Lipinski definition) is 1. The van der Waals surface area contributed by atoms with E-state index in [-0.39, 0.29) is 11.8 Å². The second-order valence-electron chi connectivity index (χ2n) is 5.24. The first kappa shape index (κ1) is 14.4. The number of halogens is 2. The Balaban J connectivity index is 1.66. The van der Waals surface area contributed by atoms with Crippen LogP contribution in [0.4, 0.5) is 0 Å². The summed E-state index contributed by atoms with van der Waals surface area (Å²) in [6.45, 7) is 0.488. The first-order chi connectivity index (χ1) is 10.1. The van der Waals surface area contributed by atoms with Crippen LogP contribution in [0.2, 0.25) is 0 Å². The molecule has 3 rings (SSSR count). The standard InChI is InChI=1S/C17H15Cl2NO/c18-17(19)14(13-9-5-2-6-10-13)15(17)16(21)20-11-12-7-3-1-4-8-12/h1-10,14-15H,11H2,(H,20,21)/t14-,15-/m1/s1. The second-order valence-corrected chi connectivity index (χ2v) is 6.69. The number of nitrogens with one attached hydrogen (secondary N) is 1. The highest BCUT2D eigenvalue weighted by Crippen LogP contribution is 2.64. The van der Waals surface area contributed by atoms with E-state index in [1.807, 2.05) is 60.7 Å². The number of rotatable bonds is 4. The number of carbonyl (C=O) groups is 1. The average molecular weight is 320 g/mol. The van der Waals surface area contributed by atoms with Crippen LogP contribution in [0, 0.1) is 5.92 Å². The lowest BCUT2D eigenvalue weighted by Crippen LogP contribution is -2.26. The zero-order valence-electron chi connectivity index (χ0n) is 11.3. The van der Waals surface area contributed by atoms with Gasteiger partial charge in [-0.05, 0) is 11.1 Å². The number of alkyl halides is 2. The Hall–Kier alpha value is -1.51. The first-order valence-corrected chi connectivity index (χ1v) is 7.60. The molecule has 21 heavy (non-hydrogen) atoms. The lowest BCUT2D eigenvalue weighted by molar-refractivity contribution is -0.122. The lowest BCUT2D eigenvalue weighted by atomic mass is 10.1. The van der Waals surface area contributed by atoms with Gasteiger partial charge in [-0.1, -0.05) is 60.7 Å². The fourth-order valence-electron chi connectivity index (χ4n) is 2.62. The molecule has 4 heteroatoms. The van der Waals surface area contributed by atoms with Crippen LogP contribution in [0.15, 0.2) is 60.7 Å². The van der Waals surface area contributed by atoms with Crippen molar-refractivity contribution in [3.8, 4) is 0 Å². The molecule has 0 radical (unpaired) electrons. The highest BCUT2D eigenvalue weighted by molar-refractivity contribution is 6.53. The van der Waals surface area contributed by atoms with Crippen molar-refractivity contribution in [1.29, 1.82) is 0 Å². The molecule has 1 N–H and O–H groups in total. The van der Waals surface area contributed by atoms with Crippen molar-refractivity contribution >= 4 is 29.1 Å². The summed E-state index contributed by atoms with van der Waals surface area (Å²) in [6.07, 6.45) is 0. The molecule has 0 aliphatic heterocycles. The Morgan fingerprint density at radius 2 is 1.57 bits per heavy atom. The van der Waals surface area contributed by atoms with Gasteiger partial charge in [0.2, 0.25) is 5.91 Å². The number of hydrogen-bond acceptors (Lipinski definition) is 1. The maximum atomic E-state index is 12.3. The first-order valence-electron chi connectivity index (χ1n) is 6.85. The fraction of sp³-hybridized carbons (Fsp3) is 0.235. The minimum Gasteiger partial charge on any atom is -0.352 e. The number of carbonyl (C=O) groups excluding carboxylic acids is 1. The summed E-state index contributed by atoms with van der Waals surface area (Å²) < 4.78 is -1.01. The third-order valence-electron chi connectivity index (χ3n) is 3.80. The van der Waals surface area contributed by atoms with E-state index in [4.69, 9.17) is 23.2 Å². The van der Waals surface area contributed by atoms with Gasteiger partial charge in [-0.2, -0.15) is 0 Å². The summed E-state index contributed by atoms with van der Waals surface area (Å²) >= 11 is 12.6. The van der Waals surface area contributed by atoms with Gasteiger partial charge in [0.05, 0.1) is 5.92 Å². The minimum atomic E-state index is -1.01. The molecule has 108 valence electrons. The van der Waals surface area contributed by atoms with E-state index in [0.29, 0.717) is 6.54 Å². The van der Waals surface area contributed by atoms with E-state index in [2.05, 4.69) is 5.32 Å². The van der Waals surface area contributed by atoms with Crippen LogP contribution in [0.1, 0.15) is 17.0 Å². The van der Waals surface area contributed by atoms with E-state index < -0.39 is 10.3 Å². The minimum absolute atomic E-state index is 0.0993. The van der Waals surface area contributed by atoms with Gasteiger partial charge in [0.25, 0.3) is 0 Å². The molecule has 1 amide bonds. The third kappa shape index (κ3) is 2.92. The zero-order chi connectivity index (χ0) is 14.9. The molecule has 0 bridgehead atoms. The maximum absolute atomic E-state index is 12.3. The van der Waals surface area contributed by atoms with Crippen molar-refractivity contribution < 1.29 is 4.79 Å². The quantitative estimate of drug-likeness (QED) is 0.851. The van der Waals surface area contributed by atoms with Crippen LogP contribution in [0.25, 0.3) is 0 Å². The molecule has 1 saturated carbocycles. The predicted octanol–water partition coefficient (Wildman–Crippen LogP) is 3.89. The van der Waals surface area contributed by atoms with Crippen molar-refractivity contribution in [2.75, 3.05) is 0 Å².